The highest BCUT2D eigenvalue weighted by Crippen LogP contribution is 2.42. The van der Waals surface area contributed by atoms with Crippen LogP contribution in [-0.2, 0) is 27.8 Å². The zero-order valence-corrected chi connectivity index (χ0v) is 23.2. The molecule has 3 aliphatic rings. The first-order valence-corrected chi connectivity index (χ1v) is 12.6. The monoisotopic (exact) mass is 550 g/mol. The van der Waals surface area contributed by atoms with Crippen LogP contribution in [0.2, 0.25) is 0 Å². The van der Waals surface area contributed by atoms with E-state index in [4.69, 9.17) is 24.4 Å². The van der Waals surface area contributed by atoms with Gasteiger partial charge in [0.15, 0.2) is 28.5 Å². The number of morpholine rings is 1. The van der Waals surface area contributed by atoms with Gasteiger partial charge in [-0.25, -0.2) is 15.0 Å². The molecule has 3 aromatic rings. The number of ether oxygens (including phenoxy) is 2. The number of hydrogen-bond acceptors (Lipinski definition) is 9. The molecule has 2 aromatic heterocycles. The third-order valence-electron chi connectivity index (χ3n) is 7.69. The molecule has 0 radical (unpaired) electrons. The fraction of sp³-hybridized carbons (Fsp3) is 0.560. The molecule has 2 saturated heterocycles. The minimum atomic E-state index is -0.602. The molecule has 10 nitrogen and oxygen atoms in total. The van der Waals surface area contributed by atoms with Crippen LogP contribution in [0.1, 0.15) is 37.8 Å². The van der Waals surface area contributed by atoms with E-state index in [1.807, 2.05) is 19.2 Å². The van der Waals surface area contributed by atoms with E-state index >= 15 is 0 Å². The highest BCUT2D eigenvalue weighted by Gasteiger charge is 2.42. The maximum absolute atomic E-state index is 6.12. The summed E-state index contributed by atoms with van der Waals surface area (Å²) in [6.07, 6.45) is 2.72. The van der Waals surface area contributed by atoms with Crippen LogP contribution in [0, 0.1) is 0 Å². The summed E-state index contributed by atoms with van der Waals surface area (Å²) >= 11 is 0. The van der Waals surface area contributed by atoms with E-state index in [1.54, 1.807) is 7.11 Å². The van der Waals surface area contributed by atoms with Gasteiger partial charge in [0.05, 0.1) is 24.6 Å². The second-order valence-corrected chi connectivity index (χ2v) is 9.67. The van der Waals surface area contributed by atoms with Crippen LogP contribution in [-0.4, -0.2) is 66.0 Å². The van der Waals surface area contributed by atoms with Crippen LogP contribution in [0.3, 0.4) is 0 Å². The first-order chi connectivity index (χ1) is 17.1. The lowest BCUT2D eigenvalue weighted by Gasteiger charge is -2.35. The smallest absolute Gasteiger partial charge is 0.179 e. The van der Waals surface area contributed by atoms with E-state index in [0.29, 0.717) is 19.0 Å². The Balaban J connectivity index is 0.00000160. The summed E-state index contributed by atoms with van der Waals surface area (Å²) in [5.74, 6) is 2.47. The Morgan fingerprint density at radius 1 is 1.05 bits per heavy atom. The maximum Gasteiger partial charge on any atom is 0.179 e. The molecule has 3 aliphatic heterocycles. The van der Waals surface area contributed by atoms with Crippen LogP contribution in [0.5, 0.6) is 0 Å². The van der Waals surface area contributed by atoms with Crippen molar-refractivity contribution in [2.45, 2.75) is 37.5 Å². The molecule has 1 aromatic carbocycles. The van der Waals surface area contributed by atoms with Gasteiger partial charge in [-0.05, 0) is 37.9 Å². The Bertz CT molecular complexity index is 1220. The Morgan fingerprint density at radius 3 is 2.35 bits per heavy atom. The number of halogens is 2. The molecule has 0 spiro atoms. The van der Waals surface area contributed by atoms with Gasteiger partial charge < -0.3 is 34.9 Å². The fourth-order valence-corrected chi connectivity index (χ4v) is 5.61. The summed E-state index contributed by atoms with van der Waals surface area (Å²) < 4.78 is 13.9. The summed E-state index contributed by atoms with van der Waals surface area (Å²) in [6.45, 7) is 6.76. The lowest BCUT2D eigenvalue weighted by molar-refractivity contribution is -0.0419. The molecular formula is C25H36Cl2N8O2. The summed E-state index contributed by atoms with van der Waals surface area (Å²) in [4.78, 5) is 17.8. The van der Waals surface area contributed by atoms with Gasteiger partial charge in [-0.15, -0.1) is 24.8 Å². The number of rotatable bonds is 5. The third-order valence-corrected chi connectivity index (χ3v) is 7.69. The zero-order valence-electron chi connectivity index (χ0n) is 21.5. The summed E-state index contributed by atoms with van der Waals surface area (Å²) in [5.41, 5.74) is 2.66. The predicted molar refractivity (Wildman–Crippen MR) is 150 cm³/mol. The second-order valence-electron chi connectivity index (χ2n) is 9.67. The average molecular weight is 552 g/mol. The average Bonchev–Trinajstić information content (AvgIpc) is 3.48. The number of imidazole rings is 1. The molecule has 3 N–H and O–H groups in total. The number of aromatic nitrogens is 4. The molecule has 1 unspecified atom stereocenters. The van der Waals surface area contributed by atoms with Gasteiger partial charge in [-0.1, -0.05) is 19.1 Å². The van der Waals surface area contributed by atoms with Crippen molar-refractivity contribution in [1.82, 2.24) is 24.8 Å². The van der Waals surface area contributed by atoms with Crippen molar-refractivity contribution in [3.8, 4) is 0 Å². The third kappa shape index (κ3) is 4.48. The number of benzene rings is 1. The van der Waals surface area contributed by atoms with Crippen molar-refractivity contribution in [3.63, 3.8) is 0 Å². The molecule has 12 heteroatoms. The number of methoxy groups -OCH3 is 1. The molecule has 0 amide bonds. The van der Waals surface area contributed by atoms with E-state index in [2.05, 4.69) is 44.5 Å². The van der Waals surface area contributed by atoms with Crippen LogP contribution in [0.25, 0.3) is 11.2 Å². The van der Waals surface area contributed by atoms with Crippen molar-refractivity contribution in [3.05, 3.63) is 35.9 Å². The summed E-state index contributed by atoms with van der Waals surface area (Å²) in [5, 5.41) is 10.8. The minimum Gasteiger partial charge on any atom is -0.378 e. The number of fused-ring (bicyclic) bond motifs is 2. The van der Waals surface area contributed by atoms with E-state index in [9.17, 15) is 0 Å². The minimum absolute atomic E-state index is 0. The predicted octanol–water partition coefficient (Wildman–Crippen LogP) is 3.37. The van der Waals surface area contributed by atoms with Crippen LogP contribution in [0.15, 0.2) is 24.3 Å². The van der Waals surface area contributed by atoms with Gasteiger partial charge in [0.1, 0.15) is 11.4 Å². The van der Waals surface area contributed by atoms with Gasteiger partial charge in [0, 0.05) is 33.8 Å². The molecule has 6 rings (SSSR count). The van der Waals surface area contributed by atoms with Gasteiger partial charge in [0.25, 0.3) is 0 Å². The van der Waals surface area contributed by atoms with Gasteiger partial charge in [0.2, 0.25) is 0 Å². The number of piperidine rings is 1. The molecule has 5 heterocycles. The molecule has 2 fully saturated rings. The number of aryl methyl sites for hydroxylation is 1. The van der Waals surface area contributed by atoms with Crippen molar-refractivity contribution in [2.75, 3.05) is 62.0 Å². The molecule has 202 valence electrons. The van der Waals surface area contributed by atoms with Gasteiger partial charge in [-0.2, -0.15) is 0 Å². The van der Waals surface area contributed by atoms with E-state index in [1.165, 1.54) is 0 Å². The highest BCUT2D eigenvalue weighted by molar-refractivity contribution is 5.86. The van der Waals surface area contributed by atoms with Crippen LogP contribution >= 0.6 is 24.8 Å². The van der Waals surface area contributed by atoms with E-state index < -0.39 is 11.3 Å². The number of anilines is 3. The molecule has 1 atom stereocenters. The fourth-order valence-electron chi connectivity index (χ4n) is 5.61. The van der Waals surface area contributed by atoms with Crippen molar-refractivity contribution >= 4 is 53.2 Å². The van der Waals surface area contributed by atoms with Gasteiger partial charge in [-0.3, -0.25) is 0 Å². The number of nitrogens with zero attached hydrogens (tertiary/aromatic N) is 5. The van der Waals surface area contributed by atoms with Crippen LogP contribution in [0.4, 0.5) is 17.2 Å². The molecule has 37 heavy (non-hydrogen) atoms. The molecule has 0 aliphatic carbocycles. The topological polar surface area (TPSA) is 101 Å². The first kappa shape index (κ1) is 27.7. The Kier molecular flexibility index (Phi) is 8.06. The van der Waals surface area contributed by atoms with Crippen molar-refractivity contribution < 1.29 is 9.47 Å². The molecular weight excluding hydrogens is 515 g/mol. The Hall–Kier alpha value is -2.37. The number of nitrogens with one attached hydrogen (secondary N) is 3. The first-order valence-electron chi connectivity index (χ1n) is 12.6. The normalized spacial score (nSPS) is 22.4. The van der Waals surface area contributed by atoms with E-state index in [-0.39, 0.29) is 24.8 Å². The number of para-hydroxylation sites is 2. The Morgan fingerprint density at radius 2 is 1.76 bits per heavy atom. The lowest BCUT2D eigenvalue weighted by Crippen LogP contribution is -2.46. The summed E-state index contributed by atoms with van der Waals surface area (Å²) in [7, 11) is 3.82. The molecule has 0 bridgehead atoms. The van der Waals surface area contributed by atoms with Crippen molar-refractivity contribution in [1.29, 1.82) is 0 Å². The van der Waals surface area contributed by atoms with E-state index in [0.717, 1.165) is 79.6 Å². The van der Waals surface area contributed by atoms with Gasteiger partial charge >= 0.3 is 0 Å². The second kappa shape index (κ2) is 10.8. The maximum atomic E-state index is 6.12. The van der Waals surface area contributed by atoms with Crippen molar-refractivity contribution in [2.24, 2.45) is 7.05 Å². The lowest BCUT2D eigenvalue weighted by atomic mass is 9.93. The highest BCUT2D eigenvalue weighted by atomic mass is 35.5. The zero-order chi connectivity index (χ0) is 24.0. The largest absolute Gasteiger partial charge is 0.378 e. The Labute approximate surface area is 229 Å². The number of hydrogen-bond donors (Lipinski definition) is 3. The summed E-state index contributed by atoms with van der Waals surface area (Å²) in [6, 6.07) is 8.25. The molecule has 0 saturated carbocycles. The SMILES string of the molecule is CCC1(c2nc(N3CCOCC3)c3nc(C4(OC)CCCNC4)n(C)c3n2)Nc2ccccc2N1.Cl.Cl. The quantitative estimate of drug-likeness (QED) is 0.441. The van der Waals surface area contributed by atoms with Crippen LogP contribution < -0.4 is 20.9 Å². The standard InChI is InChI=1S/C25H34N8O2.2ClH/c1-4-25(30-17-8-5-6-9-18(17)31-25)22-28-20-19(21(29-22)33-12-14-35-15-13-33)27-23(32(20)2)24(34-3)10-7-11-26-16-24;;/h5-6,8-9,26,30-31H,4,7,10-16H2,1-3H3;2*1H.